The molecule has 0 aliphatic carbocycles. The van der Waals surface area contributed by atoms with Crippen molar-refractivity contribution in [3.8, 4) is 17.2 Å². The Balaban J connectivity index is 2.49. The summed E-state index contributed by atoms with van der Waals surface area (Å²) in [6, 6.07) is 1.61. The third-order valence-corrected chi connectivity index (χ3v) is 3.01. The summed E-state index contributed by atoms with van der Waals surface area (Å²) >= 11 is 0. The van der Waals surface area contributed by atoms with Crippen molar-refractivity contribution in [1.82, 2.24) is 0 Å². The molecule has 1 N–H and O–H groups in total. The summed E-state index contributed by atoms with van der Waals surface area (Å²) in [7, 11) is 4.53. The van der Waals surface area contributed by atoms with Gasteiger partial charge >= 0.3 is 5.97 Å². The maximum Gasteiger partial charge on any atom is 0.330 e. The molecule has 1 aromatic rings. The van der Waals surface area contributed by atoms with Crippen LogP contribution in [0, 0.1) is 6.92 Å². The topological polar surface area (TPSA) is 57.2 Å². The van der Waals surface area contributed by atoms with Crippen LogP contribution in [0.4, 0.5) is 0 Å². The molecular weight excluding hydrogens is 224 g/mol. The van der Waals surface area contributed by atoms with E-state index in [1.54, 1.807) is 6.07 Å². The smallest absolute Gasteiger partial charge is 0.330 e. The largest absolute Gasteiger partial charge is 0.504 e. The van der Waals surface area contributed by atoms with Crippen LogP contribution < -0.4 is 9.47 Å². The Morgan fingerprint density at radius 1 is 1.29 bits per heavy atom. The molecule has 0 amide bonds. The van der Waals surface area contributed by atoms with Gasteiger partial charge < -0.3 is 24.1 Å². The Morgan fingerprint density at radius 2 is 1.94 bits per heavy atom. The first-order chi connectivity index (χ1) is 8.06. The normalized spacial score (nSPS) is 16.5. The van der Waals surface area contributed by atoms with Gasteiger partial charge in [-0.1, -0.05) is 0 Å². The van der Waals surface area contributed by atoms with Crippen LogP contribution in [0.1, 0.15) is 11.1 Å². The Morgan fingerprint density at radius 3 is 2.47 bits per heavy atom. The van der Waals surface area contributed by atoms with Crippen LogP contribution in [0.2, 0.25) is 0 Å². The van der Waals surface area contributed by atoms with Crippen LogP contribution in [0.25, 0.3) is 0 Å². The molecule has 1 aliphatic rings. The van der Waals surface area contributed by atoms with Crippen molar-refractivity contribution in [2.45, 2.75) is 19.3 Å². The molecule has 17 heavy (non-hydrogen) atoms. The fourth-order valence-electron chi connectivity index (χ4n) is 2.10. The van der Waals surface area contributed by atoms with E-state index in [1.807, 2.05) is 6.92 Å². The SMILES string of the molecule is COc1c(O)cc2c(c1C)OC(OC)(OC)C2. The maximum absolute atomic E-state index is 9.81. The van der Waals surface area contributed by atoms with Crippen LogP contribution in [0.5, 0.6) is 17.2 Å². The average molecular weight is 240 g/mol. The van der Waals surface area contributed by atoms with E-state index < -0.39 is 5.97 Å². The highest BCUT2D eigenvalue weighted by Crippen LogP contribution is 2.46. The molecule has 0 aromatic heterocycles. The average Bonchev–Trinajstić information content (AvgIpc) is 2.69. The molecule has 94 valence electrons. The minimum absolute atomic E-state index is 0.0929. The third kappa shape index (κ3) is 1.71. The van der Waals surface area contributed by atoms with Gasteiger partial charge in [0.25, 0.3) is 0 Å². The highest BCUT2D eigenvalue weighted by atomic mass is 16.9. The summed E-state index contributed by atoms with van der Waals surface area (Å²) in [6.45, 7) is 1.82. The minimum atomic E-state index is -1.11. The number of hydrogen-bond donors (Lipinski definition) is 1. The van der Waals surface area contributed by atoms with Crippen molar-refractivity contribution in [3.63, 3.8) is 0 Å². The van der Waals surface area contributed by atoms with Gasteiger partial charge in [0.2, 0.25) is 0 Å². The molecule has 2 rings (SSSR count). The van der Waals surface area contributed by atoms with Crippen molar-refractivity contribution in [2.24, 2.45) is 0 Å². The van der Waals surface area contributed by atoms with Gasteiger partial charge in [-0.15, -0.1) is 0 Å². The van der Waals surface area contributed by atoms with Gasteiger partial charge in [0.05, 0.1) is 13.5 Å². The molecule has 0 spiro atoms. The predicted octanol–water partition coefficient (Wildman–Crippen LogP) is 1.59. The lowest BCUT2D eigenvalue weighted by Gasteiger charge is -2.24. The highest BCUT2D eigenvalue weighted by Gasteiger charge is 2.42. The highest BCUT2D eigenvalue weighted by molar-refractivity contribution is 5.58. The number of benzene rings is 1. The van der Waals surface area contributed by atoms with Crippen LogP contribution in [-0.4, -0.2) is 32.4 Å². The van der Waals surface area contributed by atoms with E-state index in [-0.39, 0.29) is 5.75 Å². The van der Waals surface area contributed by atoms with E-state index >= 15 is 0 Å². The second-order valence-corrected chi connectivity index (χ2v) is 3.91. The number of aromatic hydroxyl groups is 1. The summed E-state index contributed by atoms with van der Waals surface area (Å²) in [6.07, 6.45) is 0.424. The first-order valence-corrected chi connectivity index (χ1v) is 5.25. The molecule has 0 fully saturated rings. The lowest BCUT2D eigenvalue weighted by molar-refractivity contribution is -0.310. The van der Waals surface area contributed by atoms with Crippen LogP contribution in [0.3, 0.4) is 0 Å². The Kier molecular flexibility index (Phi) is 2.89. The third-order valence-electron chi connectivity index (χ3n) is 3.01. The molecule has 0 atom stereocenters. The second-order valence-electron chi connectivity index (χ2n) is 3.91. The van der Waals surface area contributed by atoms with Crippen molar-refractivity contribution in [1.29, 1.82) is 0 Å². The van der Waals surface area contributed by atoms with E-state index in [0.717, 1.165) is 11.1 Å². The number of ether oxygens (including phenoxy) is 4. The number of methoxy groups -OCH3 is 3. The van der Waals surface area contributed by atoms with Crippen molar-refractivity contribution in [3.05, 3.63) is 17.2 Å². The lowest BCUT2D eigenvalue weighted by atomic mass is 10.1. The zero-order chi connectivity index (χ0) is 12.6. The number of fused-ring (bicyclic) bond motifs is 1. The molecular formula is C12H16O5. The maximum atomic E-state index is 9.81. The summed E-state index contributed by atoms with van der Waals surface area (Å²) in [5.74, 6) is 0.0387. The van der Waals surface area contributed by atoms with E-state index in [0.29, 0.717) is 17.9 Å². The molecule has 5 heteroatoms. The number of phenolic OH excluding ortho intramolecular Hbond substituents is 1. The zero-order valence-corrected chi connectivity index (χ0v) is 10.4. The Bertz CT molecular complexity index is 437. The van der Waals surface area contributed by atoms with Gasteiger partial charge in [-0.3, -0.25) is 0 Å². The van der Waals surface area contributed by atoms with Gasteiger partial charge in [0, 0.05) is 25.3 Å². The standard InChI is InChI=1S/C12H16O5/c1-7-10-8(5-9(13)11(7)14-2)6-12(15-3,16-4)17-10/h5,13H,6H2,1-4H3. The quantitative estimate of drug-likeness (QED) is 0.813. The molecule has 0 radical (unpaired) electrons. The van der Waals surface area contributed by atoms with E-state index in [4.69, 9.17) is 18.9 Å². The van der Waals surface area contributed by atoms with Gasteiger partial charge in [-0.25, -0.2) is 0 Å². The number of hydrogen-bond acceptors (Lipinski definition) is 5. The van der Waals surface area contributed by atoms with E-state index in [9.17, 15) is 5.11 Å². The molecule has 0 saturated heterocycles. The number of rotatable bonds is 3. The molecule has 0 bridgehead atoms. The lowest BCUT2D eigenvalue weighted by Crippen LogP contribution is -2.38. The van der Waals surface area contributed by atoms with Crippen LogP contribution in [0.15, 0.2) is 6.07 Å². The minimum Gasteiger partial charge on any atom is -0.504 e. The Labute approximate surface area is 99.9 Å². The molecule has 5 nitrogen and oxygen atoms in total. The second kappa shape index (κ2) is 4.09. The van der Waals surface area contributed by atoms with Gasteiger partial charge in [0.15, 0.2) is 11.5 Å². The fraction of sp³-hybridized carbons (Fsp3) is 0.500. The Hall–Kier alpha value is -1.46. The summed E-state index contributed by atoms with van der Waals surface area (Å²) in [5, 5.41) is 9.81. The summed E-state index contributed by atoms with van der Waals surface area (Å²) < 4.78 is 21.3. The van der Waals surface area contributed by atoms with Gasteiger partial charge in [0.1, 0.15) is 5.75 Å². The molecule has 0 unspecified atom stereocenters. The van der Waals surface area contributed by atoms with Gasteiger partial charge in [-0.2, -0.15) is 0 Å². The summed E-state index contributed by atoms with van der Waals surface area (Å²) in [5.41, 5.74) is 1.57. The first-order valence-electron chi connectivity index (χ1n) is 5.25. The molecule has 1 heterocycles. The number of phenols is 1. The van der Waals surface area contributed by atoms with Gasteiger partial charge in [-0.05, 0) is 13.0 Å². The first kappa shape index (κ1) is 12.0. The van der Waals surface area contributed by atoms with Crippen LogP contribution in [-0.2, 0) is 15.9 Å². The van der Waals surface area contributed by atoms with Crippen molar-refractivity contribution < 1.29 is 24.1 Å². The van der Waals surface area contributed by atoms with Crippen LogP contribution >= 0.6 is 0 Å². The van der Waals surface area contributed by atoms with E-state index in [1.165, 1.54) is 21.3 Å². The van der Waals surface area contributed by atoms with Crippen molar-refractivity contribution in [2.75, 3.05) is 21.3 Å². The fourth-order valence-corrected chi connectivity index (χ4v) is 2.10. The van der Waals surface area contributed by atoms with Crippen molar-refractivity contribution >= 4 is 0 Å². The summed E-state index contributed by atoms with van der Waals surface area (Å²) in [4.78, 5) is 0. The molecule has 1 aromatic carbocycles. The van der Waals surface area contributed by atoms with E-state index in [2.05, 4.69) is 0 Å². The monoisotopic (exact) mass is 240 g/mol. The predicted molar refractivity (Wildman–Crippen MR) is 60.5 cm³/mol. The zero-order valence-electron chi connectivity index (χ0n) is 10.4. The molecule has 1 aliphatic heterocycles. The molecule has 0 saturated carbocycles.